The van der Waals surface area contributed by atoms with E-state index in [0.29, 0.717) is 0 Å². The molecule has 0 aliphatic rings. The van der Waals surface area contributed by atoms with Gasteiger partial charge in [0.2, 0.25) is 0 Å². The van der Waals surface area contributed by atoms with E-state index in [-0.39, 0.29) is 6.04 Å². The van der Waals surface area contributed by atoms with E-state index in [2.05, 4.69) is 51.3 Å². The summed E-state index contributed by atoms with van der Waals surface area (Å²) in [6.45, 7) is 3.18. The second-order valence-corrected chi connectivity index (χ2v) is 7.78. The van der Waals surface area contributed by atoms with Crippen molar-refractivity contribution in [2.24, 2.45) is 0 Å². The van der Waals surface area contributed by atoms with E-state index in [0.717, 1.165) is 36.4 Å². The van der Waals surface area contributed by atoms with Gasteiger partial charge in [-0.05, 0) is 64.7 Å². The molecule has 0 fully saturated rings. The highest BCUT2D eigenvalue weighted by molar-refractivity contribution is 14.1. The number of oxazole rings is 1. The summed E-state index contributed by atoms with van der Waals surface area (Å²) in [6.07, 6.45) is 1.90. The molecule has 0 saturated carbocycles. The molecule has 5 heteroatoms. The van der Waals surface area contributed by atoms with Crippen molar-refractivity contribution in [1.82, 2.24) is 10.3 Å². The molecule has 0 aliphatic heterocycles. The second kappa shape index (κ2) is 6.89. The van der Waals surface area contributed by atoms with Crippen LogP contribution in [0.1, 0.15) is 30.8 Å². The number of hydrogen-bond donors (Lipinski definition) is 1. The molecule has 1 unspecified atom stereocenters. The zero-order chi connectivity index (χ0) is 14.7. The van der Waals surface area contributed by atoms with E-state index < -0.39 is 0 Å². The van der Waals surface area contributed by atoms with Crippen LogP contribution in [0.4, 0.5) is 0 Å². The quantitative estimate of drug-likeness (QED) is 0.593. The summed E-state index contributed by atoms with van der Waals surface area (Å²) in [4.78, 5) is 4.59. The van der Waals surface area contributed by atoms with Crippen LogP contribution in [-0.2, 0) is 6.42 Å². The van der Waals surface area contributed by atoms with Crippen molar-refractivity contribution in [2.75, 3.05) is 6.54 Å². The predicted molar refractivity (Wildman–Crippen MR) is 95.8 cm³/mol. The Bertz CT molecular complexity index is 689. The molecule has 21 heavy (non-hydrogen) atoms. The van der Waals surface area contributed by atoms with Crippen LogP contribution in [0.3, 0.4) is 0 Å². The maximum atomic E-state index is 5.86. The van der Waals surface area contributed by atoms with Crippen LogP contribution in [-0.4, -0.2) is 11.5 Å². The summed E-state index contributed by atoms with van der Waals surface area (Å²) in [5, 5.41) is 5.82. The summed E-state index contributed by atoms with van der Waals surface area (Å²) in [5.74, 6) is 0.797. The lowest BCUT2D eigenvalue weighted by atomic mass is 10.1. The van der Waals surface area contributed by atoms with Crippen LogP contribution < -0.4 is 5.32 Å². The Morgan fingerprint density at radius 1 is 1.38 bits per heavy atom. The van der Waals surface area contributed by atoms with Gasteiger partial charge in [-0.15, -0.1) is 11.3 Å². The maximum absolute atomic E-state index is 5.86. The molecule has 3 rings (SSSR count). The zero-order valence-electron chi connectivity index (χ0n) is 11.8. The van der Waals surface area contributed by atoms with E-state index in [4.69, 9.17) is 4.42 Å². The third-order valence-electron chi connectivity index (χ3n) is 3.35. The average molecular weight is 412 g/mol. The molecule has 0 spiro atoms. The van der Waals surface area contributed by atoms with Gasteiger partial charge in [-0.1, -0.05) is 19.1 Å². The molecule has 1 aromatic carbocycles. The molecular weight excluding hydrogens is 395 g/mol. The maximum Gasteiger partial charge on any atom is 0.197 e. The van der Waals surface area contributed by atoms with Crippen LogP contribution in [0.5, 0.6) is 0 Å². The lowest BCUT2D eigenvalue weighted by Crippen LogP contribution is -2.23. The van der Waals surface area contributed by atoms with Crippen molar-refractivity contribution < 1.29 is 4.42 Å². The molecule has 1 N–H and O–H groups in total. The van der Waals surface area contributed by atoms with Gasteiger partial charge < -0.3 is 9.73 Å². The number of benzene rings is 1. The smallest absolute Gasteiger partial charge is 0.197 e. The minimum absolute atomic E-state index is 0.262. The number of aromatic nitrogens is 1. The fourth-order valence-electron chi connectivity index (χ4n) is 2.31. The van der Waals surface area contributed by atoms with Crippen LogP contribution in [0.2, 0.25) is 0 Å². The first-order valence-corrected chi connectivity index (χ1v) is 9.04. The van der Waals surface area contributed by atoms with Crippen LogP contribution in [0.25, 0.3) is 11.1 Å². The van der Waals surface area contributed by atoms with Gasteiger partial charge in [0.1, 0.15) is 5.52 Å². The Balaban J connectivity index is 1.83. The molecule has 110 valence electrons. The van der Waals surface area contributed by atoms with Gasteiger partial charge in [-0.3, -0.25) is 0 Å². The van der Waals surface area contributed by atoms with Crippen molar-refractivity contribution in [1.29, 1.82) is 0 Å². The first kappa shape index (κ1) is 15.0. The summed E-state index contributed by atoms with van der Waals surface area (Å²) in [5.41, 5.74) is 3.11. The van der Waals surface area contributed by atoms with Crippen molar-refractivity contribution in [3.05, 3.63) is 50.0 Å². The Morgan fingerprint density at radius 3 is 2.95 bits per heavy atom. The first-order valence-electron chi connectivity index (χ1n) is 7.08. The van der Waals surface area contributed by atoms with Crippen LogP contribution >= 0.6 is 33.9 Å². The van der Waals surface area contributed by atoms with E-state index in [1.165, 1.54) is 8.45 Å². The van der Waals surface area contributed by atoms with Crippen LogP contribution in [0, 0.1) is 2.88 Å². The highest BCUT2D eigenvalue weighted by Gasteiger charge is 2.16. The predicted octanol–water partition coefficient (Wildman–Crippen LogP) is 4.78. The van der Waals surface area contributed by atoms with Crippen molar-refractivity contribution in [2.45, 2.75) is 25.8 Å². The number of thiophene rings is 1. The Morgan fingerprint density at radius 2 is 2.24 bits per heavy atom. The molecule has 3 nitrogen and oxygen atoms in total. The molecule has 2 aromatic heterocycles. The molecule has 2 heterocycles. The minimum atomic E-state index is 0.262. The lowest BCUT2D eigenvalue weighted by molar-refractivity contribution is 0.454. The average Bonchev–Trinajstić information content (AvgIpc) is 3.08. The van der Waals surface area contributed by atoms with Gasteiger partial charge in [-0.2, -0.15) is 0 Å². The highest BCUT2D eigenvalue weighted by Crippen LogP contribution is 2.26. The van der Waals surface area contributed by atoms with E-state index >= 15 is 0 Å². The van der Waals surface area contributed by atoms with Crippen LogP contribution in [0.15, 0.2) is 40.1 Å². The van der Waals surface area contributed by atoms with Gasteiger partial charge in [0.15, 0.2) is 11.5 Å². The second-order valence-electron chi connectivity index (χ2n) is 4.97. The molecule has 0 bridgehead atoms. The molecule has 1 atom stereocenters. The third kappa shape index (κ3) is 3.64. The molecule has 3 aromatic rings. The van der Waals surface area contributed by atoms with E-state index in [1.807, 2.05) is 24.3 Å². The standard InChI is InChI=1S/C16H17IN2OS/c1-2-7-18-13(11-8-15(17)21-10-11)9-16-19-12-5-3-4-6-14(12)20-16/h3-6,8,10,13,18H,2,7,9H2,1H3. The third-order valence-corrected chi connectivity index (χ3v) is 5.16. The Hall–Kier alpha value is -0.920. The summed E-state index contributed by atoms with van der Waals surface area (Å²) >= 11 is 4.14. The molecular formula is C16H17IN2OS. The molecule has 0 saturated heterocycles. The fourth-order valence-corrected chi connectivity index (χ4v) is 3.74. The number of nitrogens with zero attached hydrogens (tertiary/aromatic N) is 1. The fraction of sp³-hybridized carbons (Fsp3) is 0.312. The zero-order valence-corrected chi connectivity index (χ0v) is 14.8. The molecule has 0 aliphatic carbocycles. The monoisotopic (exact) mass is 412 g/mol. The largest absolute Gasteiger partial charge is 0.441 e. The van der Waals surface area contributed by atoms with Gasteiger partial charge in [-0.25, -0.2) is 4.98 Å². The first-order chi connectivity index (χ1) is 10.3. The van der Waals surface area contributed by atoms with Gasteiger partial charge >= 0.3 is 0 Å². The number of halogens is 1. The van der Waals surface area contributed by atoms with Crippen molar-refractivity contribution in [3.8, 4) is 0 Å². The topological polar surface area (TPSA) is 38.1 Å². The van der Waals surface area contributed by atoms with Gasteiger partial charge in [0.25, 0.3) is 0 Å². The minimum Gasteiger partial charge on any atom is -0.441 e. The molecule has 0 amide bonds. The normalized spacial score (nSPS) is 12.9. The number of nitrogens with one attached hydrogen (secondary N) is 1. The number of para-hydroxylation sites is 2. The van der Waals surface area contributed by atoms with E-state index in [9.17, 15) is 0 Å². The highest BCUT2D eigenvalue weighted by atomic mass is 127. The SMILES string of the molecule is CCCNC(Cc1nc2ccccc2o1)c1csc(I)c1. The van der Waals surface area contributed by atoms with Crippen molar-refractivity contribution >= 4 is 45.0 Å². The Kier molecular flexibility index (Phi) is 4.92. The number of fused-ring (bicyclic) bond motifs is 1. The van der Waals surface area contributed by atoms with E-state index in [1.54, 1.807) is 11.3 Å². The van der Waals surface area contributed by atoms with Crippen molar-refractivity contribution in [3.63, 3.8) is 0 Å². The van der Waals surface area contributed by atoms with Gasteiger partial charge in [0.05, 0.1) is 2.88 Å². The summed E-state index contributed by atoms with van der Waals surface area (Å²) in [7, 11) is 0. The Labute approximate surface area is 141 Å². The van der Waals surface area contributed by atoms with Gasteiger partial charge in [0, 0.05) is 12.5 Å². The number of hydrogen-bond acceptors (Lipinski definition) is 4. The number of rotatable bonds is 6. The molecule has 0 radical (unpaired) electrons. The lowest BCUT2D eigenvalue weighted by Gasteiger charge is -2.15. The summed E-state index contributed by atoms with van der Waals surface area (Å²) < 4.78 is 7.17. The summed E-state index contributed by atoms with van der Waals surface area (Å²) in [6, 6.07) is 10.4.